The van der Waals surface area contributed by atoms with Crippen LogP contribution >= 0.6 is 12.6 Å². The van der Waals surface area contributed by atoms with Crippen LogP contribution in [0.15, 0.2) is 0 Å². The molecule has 0 aromatic heterocycles. The van der Waals surface area contributed by atoms with E-state index in [0.29, 0.717) is 6.42 Å². The summed E-state index contributed by atoms with van der Waals surface area (Å²) in [7, 11) is 0. The highest BCUT2D eigenvalue weighted by molar-refractivity contribution is 7.80. The molecule has 0 radical (unpaired) electrons. The van der Waals surface area contributed by atoms with Gasteiger partial charge in [0.2, 0.25) is 11.8 Å². The van der Waals surface area contributed by atoms with Gasteiger partial charge in [-0.2, -0.15) is 12.6 Å². The second-order valence-electron chi connectivity index (χ2n) is 5.12. The Morgan fingerprint density at radius 1 is 1.00 bits per heavy atom. The van der Waals surface area contributed by atoms with Crippen LogP contribution in [0.4, 0.5) is 0 Å². The Balaban J connectivity index is 4.54. The first-order valence-electron chi connectivity index (χ1n) is 7.34. The molecule has 0 saturated carbocycles. The summed E-state index contributed by atoms with van der Waals surface area (Å²) in [5, 5.41) is 22.4. The topological polar surface area (TPSA) is 185 Å². The third kappa shape index (κ3) is 8.70. The van der Waals surface area contributed by atoms with Crippen molar-refractivity contribution < 1.29 is 29.4 Å². The molecule has 2 amide bonds. The molecule has 0 fully saturated rings. The Morgan fingerprint density at radius 3 is 2.08 bits per heavy atom. The molecule has 0 aliphatic carbocycles. The van der Waals surface area contributed by atoms with E-state index in [1.807, 2.05) is 0 Å². The van der Waals surface area contributed by atoms with E-state index in [1.54, 1.807) is 0 Å². The van der Waals surface area contributed by atoms with E-state index in [4.69, 9.17) is 21.7 Å². The lowest BCUT2D eigenvalue weighted by molar-refractivity contribution is -0.142. The molecule has 0 bridgehead atoms. The van der Waals surface area contributed by atoms with Crippen molar-refractivity contribution in [2.45, 2.75) is 43.8 Å². The smallest absolute Gasteiger partial charge is 0.326 e. The van der Waals surface area contributed by atoms with E-state index < -0.39 is 41.9 Å². The summed E-state index contributed by atoms with van der Waals surface area (Å²) < 4.78 is 0. The van der Waals surface area contributed by atoms with Gasteiger partial charge >= 0.3 is 11.9 Å². The first-order chi connectivity index (χ1) is 11.2. The number of nitrogens with two attached hydrogens (primary N) is 2. The van der Waals surface area contributed by atoms with Gasteiger partial charge in [-0.05, 0) is 25.8 Å². The molecule has 0 rings (SSSR count). The van der Waals surface area contributed by atoms with Crippen molar-refractivity contribution in [3.63, 3.8) is 0 Å². The Kier molecular flexibility index (Phi) is 10.8. The maximum atomic E-state index is 12.0. The quantitative estimate of drug-likeness (QED) is 0.192. The fourth-order valence-electron chi connectivity index (χ4n) is 1.72. The average molecular weight is 364 g/mol. The number of carbonyl (C=O) groups is 4. The molecule has 0 saturated heterocycles. The van der Waals surface area contributed by atoms with Crippen molar-refractivity contribution in [1.82, 2.24) is 10.6 Å². The Labute approximate surface area is 144 Å². The second kappa shape index (κ2) is 11.6. The maximum Gasteiger partial charge on any atom is 0.326 e. The van der Waals surface area contributed by atoms with Crippen molar-refractivity contribution in [2.75, 3.05) is 12.3 Å². The highest BCUT2D eigenvalue weighted by atomic mass is 32.1. The van der Waals surface area contributed by atoms with Gasteiger partial charge in [-0.25, -0.2) is 4.79 Å². The molecular weight excluding hydrogens is 340 g/mol. The second-order valence-corrected chi connectivity index (χ2v) is 5.48. The molecule has 0 unspecified atom stereocenters. The number of thiol groups is 1. The summed E-state index contributed by atoms with van der Waals surface area (Å²) in [6, 6.07) is -3.32. The molecule has 138 valence electrons. The molecule has 0 aliphatic heterocycles. The van der Waals surface area contributed by atoms with E-state index >= 15 is 0 Å². The number of carboxylic acids is 2. The van der Waals surface area contributed by atoms with Crippen LogP contribution in [-0.4, -0.2) is 64.4 Å². The van der Waals surface area contributed by atoms with Crippen molar-refractivity contribution in [3.05, 3.63) is 0 Å². The van der Waals surface area contributed by atoms with Crippen molar-refractivity contribution in [1.29, 1.82) is 0 Å². The van der Waals surface area contributed by atoms with E-state index in [2.05, 4.69) is 23.3 Å². The molecule has 0 aliphatic rings. The largest absolute Gasteiger partial charge is 0.480 e. The van der Waals surface area contributed by atoms with Gasteiger partial charge in [0.15, 0.2) is 0 Å². The first-order valence-corrected chi connectivity index (χ1v) is 7.98. The lowest BCUT2D eigenvalue weighted by Crippen LogP contribution is -2.52. The Morgan fingerprint density at radius 2 is 1.62 bits per heavy atom. The number of amides is 2. The lowest BCUT2D eigenvalue weighted by Gasteiger charge is -2.20. The average Bonchev–Trinajstić information content (AvgIpc) is 2.53. The highest BCUT2D eigenvalue weighted by Gasteiger charge is 2.25. The van der Waals surface area contributed by atoms with Crippen LogP contribution in [0, 0.1) is 0 Å². The van der Waals surface area contributed by atoms with Crippen molar-refractivity contribution in [3.8, 4) is 0 Å². The number of nitrogens with one attached hydrogen (secondary N) is 2. The summed E-state index contributed by atoms with van der Waals surface area (Å²) in [4.78, 5) is 45.4. The molecular formula is C13H24N4O6S. The molecule has 0 spiro atoms. The van der Waals surface area contributed by atoms with Crippen LogP contribution < -0.4 is 22.1 Å². The van der Waals surface area contributed by atoms with Gasteiger partial charge in [0.25, 0.3) is 0 Å². The summed E-state index contributed by atoms with van der Waals surface area (Å²) in [6.07, 6.45) is 0.317. The van der Waals surface area contributed by atoms with E-state index in [-0.39, 0.29) is 31.6 Å². The molecule has 24 heavy (non-hydrogen) atoms. The number of hydrogen-bond acceptors (Lipinski definition) is 7. The summed E-state index contributed by atoms with van der Waals surface area (Å²) >= 11 is 3.95. The predicted octanol–water partition coefficient (Wildman–Crippen LogP) is -2.10. The number of rotatable bonds is 12. The standard InChI is InChI=1S/C13H24N4O6S/c14-5-1-2-8(13(22)23)17-11(19)9(6-24)16-10(18)4-3-7(15)12(20)21/h7-9,24H,1-6,14-15H2,(H,16,18)(H,17,19)(H,20,21)(H,22,23)/t7-,8-,9-/m0/s1. The van der Waals surface area contributed by atoms with Crippen LogP contribution in [0.5, 0.6) is 0 Å². The number of carbonyl (C=O) groups excluding carboxylic acids is 2. The van der Waals surface area contributed by atoms with Gasteiger partial charge in [-0.3, -0.25) is 14.4 Å². The van der Waals surface area contributed by atoms with Crippen LogP contribution in [0.2, 0.25) is 0 Å². The molecule has 0 aromatic rings. The van der Waals surface area contributed by atoms with E-state index in [9.17, 15) is 19.2 Å². The van der Waals surface area contributed by atoms with Crippen LogP contribution in [0.3, 0.4) is 0 Å². The van der Waals surface area contributed by atoms with Crippen LogP contribution in [0.1, 0.15) is 25.7 Å². The van der Waals surface area contributed by atoms with Gasteiger partial charge in [-0.15, -0.1) is 0 Å². The third-order valence-corrected chi connectivity index (χ3v) is 3.51. The SMILES string of the molecule is NCCC[C@H](NC(=O)[C@H](CS)NC(=O)CC[C@H](N)C(=O)O)C(=O)O. The van der Waals surface area contributed by atoms with E-state index in [0.717, 1.165) is 0 Å². The Hall–Kier alpha value is -1.85. The van der Waals surface area contributed by atoms with Crippen LogP contribution in [0.25, 0.3) is 0 Å². The highest BCUT2D eigenvalue weighted by Crippen LogP contribution is 2.00. The van der Waals surface area contributed by atoms with Gasteiger partial charge in [0, 0.05) is 12.2 Å². The lowest BCUT2D eigenvalue weighted by atomic mass is 10.1. The van der Waals surface area contributed by atoms with Gasteiger partial charge in [-0.1, -0.05) is 0 Å². The minimum absolute atomic E-state index is 0.0498. The molecule has 0 heterocycles. The molecule has 0 aromatic carbocycles. The fourth-order valence-corrected chi connectivity index (χ4v) is 1.98. The maximum absolute atomic E-state index is 12.0. The zero-order chi connectivity index (χ0) is 18.7. The summed E-state index contributed by atoms with van der Waals surface area (Å²) in [5.74, 6) is -3.74. The fraction of sp³-hybridized carbons (Fsp3) is 0.692. The molecule has 3 atom stereocenters. The normalized spacial score (nSPS) is 14.3. The summed E-state index contributed by atoms with van der Waals surface area (Å²) in [5.41, 5.74) is 10.6. The first kappa shape index (κ1) is 22.1. The minimum atomic E-state index is -1.23. The minimum Gasteiger partial charge on any atom is -0.480 e. The van der Waals surface area contributed by atoms with Crippen LogP contribution in [-0.2, 0) is 19.2 Å². The zero-order valence-corrected chi connectivity index (χ0v) is 14.0. The van der Waals surface area contributed by atoms with Gasteiger partial charge in [0.1, 0.15) is 18.1 Å². The molecule has 10 nitrogen and oxygen atoms in total. The Bertz CT molecular complexity index is 462. The number of hydrogen-bond donors (Lipinski definition) is 7. The number of aliphatic carboxylic acids is 2. The van der Waals surface area contributed by atoms with Gasteiger partial charge in [0.05, 0.1) is 0 Å². The van der Waals surface area contributed by atoms with E-state index in [1.165, 1.54) is 0 Å². The predicted molar refractivity (Wildman–Crippen MR) is 88.5 cm³/mol. The summed E-state index contributed by atoms with van der Waals surface area (Å²) in [6.45, 7) is 0.288. The number of carboxylic acid groups (broad SMARTS) is 2. The molecule has 11 heteroatoms. The molecule has 8 N–H and O–H groups in total. The monoisotopic (exact) mass is 364 g/mol. The zero-order valence-electron chi connectivity index (χ0n) is 13.1. The van der Waals surface area contributed by atoms with Crippen molar-refractivity contribution in [2.24, 2.45) is 11.5 Å². The van der Waals surface area contributed by atoms with Crippen molar-refractivity contribution >= 4 is 36.4 Å². The van der Waals surface area contributed by atoms with Gasteiger partial charge < -0.3 is 32.3 Å². The third-order valence-electron chi connectivity index (χ3n) is 3.15.